The van der Waals surface area contributed by atoms with Crippen LogP contribution in [-0.2, 0) is 10.3 Å². The molecule has 4 nitrogen and oxygen atoms in total. The van der Waals surface area contributed by atoms with Crippen LogP contribution in [0.5, 0.6) is 11.5 Å². The van der Waals surface area contributed by atoms with Gasteiger partial charge in [-0.25, -0.2) is 4.79 Å². The Morgan fingerprint density at radius 1 is 1.33 bits per heavy atom. The molecule has 0 unspecified atom stereocenters. The van der Waals surface area contributed by atoms with Crippen molar-refractivity contribution >= 4 is 6.08 Å². The lowest BCUT2D eigenvalue weighted by atomic mass is 9.95. The molecule has 0 spiro atoms. The fourth-order valence-electron chi connectivity index (χ4n) is 1.46. The van der Waals surface area contributed by atoms with Crippen molar-refractivity contribution in [1.82, 2.24) is 0 Å². The van der Waals surface area contributed by atoms with Crippen LogP contribution in [0.4, 0.5) is 0 Å². The van der Waals surface area contributed by atoms with E-state index in [-0.39, 0.29) is 6.79 Å². The van der Waals surface area contributed by atoms with Crippen molar-refractivity contribution in [3.05, 3.63) is 23.8 Å². The number of ether oxygens (including phenoxy) is 2. The minimum atomic E-state index is -0.581. The minimum Gasteiger partial charge on any atom is -0.454 e. The lowest BCUT2D eigenvalue weighted by Crippen LogP contribution is -2.13. The van der Waals surface area contributed by atoms with E-state index in [2.05, 4.69) is 4.99 Å². The van der Waals surface area contributed by atoms with Crippen LogP contribution in [0, 0.1) is 0 Å². The van der Waals surface area contributed by atoms with E-state index < -0.39 is 5.54 Å². The number of fused-ring (bicyclic) bond motifs is 1. The fourth-order valence-corrected chi connectivity index (χ4v) is 1.46. The van der Waals surface area contributed by atoms with Crippen molar-refractivity contribution in [2.45, 2.75) is 19.4 Å². The van der Waals surface area contributed by atoms with Crippen molar-refractivity contribution in [2.24, 2.45) is 4.99 Å². The summed E-state index contributed by atoms with van der Waals surface area (Å²) < 4.78 is 10.4. The van der Waals surface area contributed by atoms with Gasteiger partial charge in [0.25, 0.3) is 0 Å². The second kappa shape index (κ2) is 3.41. The van der Waals surface area contributed by atoms with Gasteiger partial charge in [0.05, 0.1) is 5.54 Å². The summed E-state index contributed by atoms with van der Waals surface area (Å²) in [4.78, 5) is 14.0. The highest BCUT2D eigenvalue weighted by Crippen LogP contribution is 2.36. The highest BCUT2D eigenvalue weighted by molar-refractivity contribution is 5.47. The van der Waals surface area contributed by atoms with Gasteiger partial charge in [-0.3, -0.25) is 0 Å². The van der Waals surface area contributed by atoms with E-state index >= 15 is 0 Å². The van der Waals surface area contributed by atoms with Gasteiger partial charge in [0, 0.05) is 0 Å². The normalized spacial score (nSPS) is 13.5. The molecule has 0 N–H and O–H groups in total. The van der Waals surface area contributed by atoms with Gasteiger partial charge >= 0.3 is 0 Å². The summed E-state index contributed by atoms with van der Waals surface area (Å²) in [6, 6.07) is 5.53. The van der Waals surface area contributed by atoms with Gasteiger partial charge in [-0.15, -0.1) is 0 Å². The molecule has 0 aliphatic carbocycles. The second-order valence-corrected chi connectivity index (χ2v) is 3.83. The van der Waals surface area contributed by atoms with Crippen molar-refractivity contribution in [3.63, 3.8) is 0 Å². The Hall–Kier alpha value is -1.80. The maximum absolute atomic E-state index is 10.3. The number of benzene rings is 1. The fraction of sp³-hybridized carbons (Fsp3) is 0.364. The molecule has 1 aliphatic heterocycles. The van der Waals surface area contributed by atoms with Crippen LogP contribution in [0.3, 0.4) is 0 Å². The Labute approximate surface area is 87.5 Å². The molecular formula is C11H11NO3. The molecule has 0 fully saturated rings. The third-order valence-corrected chi connectivity index (χ3v) is 2.40. The quantitative estimate of drug-likeness (QED) is 0.548. The molecule has 0 bridgehead atoms. The van der Waals surface area contributed by atoms with Crippen molar-refractivity contribution < 1.29 is 14.3 Å². The molecule has 2 rings (SSSR count). The van der Waals surface area contributed by atoms with Crippen LogP contribution in [0.2, 0.25) is 0 Å². The summed E-state index contributed by atoms with van der Waals surface area (Å²) in [6.07, 6.45) is 1.58. The van der Waals surface area contributed by atoms with E-state index in [0.29, 0.717) is 5.75 Å². The first-order valence-corrected chi connectivity index (χ1v) is 4.62. The maximum Gasteiger partial charge on any atom is 0.235 e. The first-order valence-electron chi connectivity index (χ1n) is 4.62. The van der Waals surface area contributed by atoms with Gasteiger partial charge in [-0.05, 0) is 31.5 Å². The van der Waals surface area contributed by atoms with Gasteiger partial charge in [0.2, 0.25) is 12.9 Å². The monoisotopic (exact) mass is 205 g/mol. The molecule has 78 valence electrons. The maximum atomic E-state index is 10.3. The predicted octanol–water partition coefficient (Wildman–Crippen LogP) is 1.99. The van der Waals surface area contributed by atoms with E-state index in [9.17, 15) is 4.79 Å². The molecular weight excluding hydrogens is 194 g/mol. The van der Waals surface area contributed by atoms with Crippen LogP contribution < -0.4 is 9.47 Å². The predicted molar refractivity (Wildman–Crippen MR) is 53.7 cm³/mol. The van der Waals surface area contributed by atoms with Crippen molar-refractivity contribution in [1.29, 1.82) is 0 Å². The first kappa shape index (κ1) is 9.74. The summed E-state index contributed by atoms with van der Waals surface area (Å²) in [5.74, 6) is 1.42. The molecule has 0 aromatic heterocycles. The zero-order valence-corrected chi connectivity index (χ0v) is 8.61. The summed E-state index contributed by atoms with van der Waals surface area (Å²) in [5, 5.41) is 0. The van der Waals surface area contributed by atoms with E-state index in [1.54, 1.807) is 6.08 Å². The number of carbonyl (C=O) groups excluding carboxylic acids is 1. The molecule has 0 saturated carbocycles. The number of nitrogens with zero attached hydrogens (tertiary/aromatic N) is 1. The molecule has 1 aliphatic rings. The van der Waals surface area contributed by atoms with Gasteiger partial charge in [0.1, 0.15) is 0 Å². The van der Waals surface area contributed by atoms with Crippen molar-refractivity contribution in [3.8, 4) is 11.5 Å². The van der Waals surface area contributed by atoms with Crippen LogP contribution in [0.15, 0.2) is 23.2 Å². The lowest BCUT2D eigenvalue weighted by Gasteiger charge is -2.17. The third kappa shape index (κ3) is 1.72. The average Bonchev–Trinajstić information content (AvgIpc) is 2.63. The number of hydrogen-bond donors (Lipinski definition) is 0. The van der Waals surface area contributed by atoms with Gasteiger partial charge in [0.15, 0.2) is 11.5 Å². The number of hydrogen-bond acceptors (Lipinski definition) is 4. The standard InChI is InChI=1S/C11H11NO3/c1-11(2,12-6-13)8-3-4-9-10(5-8)15-7-14-9/h3-5H,7H2,1-2H3. The SMILES string of the molecule is CC(C)(N=C=O)c1ccc2c(c1)OCO2. The highest BCUT2D eigenvalue weighted by Gasteiger charge is 2.23. The molecule has 1 aromatic carbocycles. The molecule has 0 atom stereocenters. The minimum absolute atomic E-state index is 0.246. The topological polar surface area (TPSA) is 47.9 Å². The van der Waals surface area contributed by atoms with Crippen LogP contribution in [0.25, 0.3) is 0 Å². The van der Waals surface area contributed by atoms with E-state index in [0.717, 1.165) is 11.3 Å². The summed E-state index contributed by atoms with van der Waals surface area (Å²) >= 11 is 0. The van der Waals surface area contributed by atoms with Gasteiger partial charge < -0.3 is 9.47 Å². The van der Waals surface area contributed by atoms with Gasteiger partial charge in [-0.2, -0.15) is 4.99 Å². The number of rotatable bonds is 2. The highest BCUT2D eigenvalue weighted by atomic mass is 16.7. The van der Waals surface area contributed by atoms with Gasteiger partial charge in [-0.1, -0.05) is 6.07 Å². The van der Waals surface area contributed by atoms with Crippen molar-refractivity contribution in [2.75, 3.05) is 6.79 Å². The molecule has 1 aromatic rings. The molecule has 0 amide bonds. The summed E-state index contributed by atoms with van der Waals surface area (Å²) in [6.45, 7) is 3.93. The van der Waals surface area contributed by atoms with Crippen LogP contribution >= 0.6 is 0 Å². The molecule has 1 heterocycles. The third-order valence-electron chi connectivity index (χ3n) is 2.40. The van der Waals surface area contributed by atoms with E-state index in [1.165, 1.54) is 0 Å². The smallest absolute Gasteiger partial charge is 0.235 e. The number of isocyanates is 1. The Kier molecular flexibility index (Phi) is 2.21. The first-order chi connectivity index (χ1) is 7.13. The molecule has 15 heavy (non-hydrogen) atoms. The Morgan fingerprint density at radius 2 is 2.07 bits per heavy atom. The molecule has 4 heteroatoms. The van der Waals surface area contributed by atoms with E-state index in [1.807, 2.05) is 32.0 Å². The molecule has 0 radical (unpaired) electrons. The lowest BCUT2D eigenvalue weighted by molar-refractivity contribution is 0.174. The number of aliphatic imine (C=N–C) groups is 1. The Bertz CT molecular complexity index is 433. The Balaban J connectivity index is 2.42. The van der Waals surface area contributed by atoms with Crippen LogP contribution in [-0.4, -0.2) is 12.9 Å². The average molecular weight is 205 g/mol. The second-order valence-electron chi connectivity index (χ2n) is 3.83. The zero-order valence-electron chi connectivity index (χ0n) is 8.61. The summed E-state index contributed by atoms with van der Waals surface area (Å²) in [5.41, 5.74) is 0.318. The van der Waals surface area contributed by atoms with Crippen LogP contribution in [0.1, 0.15) is 19.4 Å². The Morgan fingerprint density at radius 3 is 2.80 bits per heavy atom. The largest absolute Gasteiger partial charge is 0.454 e. The van der Waals surface area contributed by atoms with E-state index in [4.69, 9.17) is 9.47 Å². The summed E-state index contributed by atoms with van der Waals surface area (Å²) in [7, 11) is 0. The zero-order chi connectivity index (χ0) is 10.9. The molecule has 0 saturated heterocycles.